The zero-order valence-electron chi connectivity index (χ0n) is 5.86. The van der Waals surface area contributed by atoms with Crippen LogP contribution in [-0.2, 0) is 9.59 Å². The van der Waals surface area contributed by atoms with E-state index in [1.807, 2.05) is 0 Å². The van der Waals surface area contributed by atoms with Gasteiger partial charge in [-0.15, -0.1) is 0 Å². The molecule has 0 radical (unpaired) electrons. The number of hydrogen-bond acceptors (Lipinski definition) is 2. The van der Waals surface area contributed by atoms with E-state index < -0.39 is 5.97 Å². The average Bonchev–Trinajstić information content (AvgIpc) is 2.33. The summed E-state index contributed by atoms with van der Waals surface area (Å²) in [6.07, 6.45) is 0.866. The van der Waals surface area contributed by atoms with E-state index in [4.69, 9.17) is 5.11 Å². The second kappa shape index (κ2) is 1.36. The van der Waals surface area contributed by atoms with Crippen LogP contribution in [0.4, 0.5) is 0 Å². The maximum Gasteiger partial charge on any atom is 0.307 e. The molecular formula is C8H8O3. The van der Waals surface area contributed by atoms with Crippen LogP contribution >= 0.6 is 0 Å². The van der Waals surface area contributed by atoms with Gasteiger partial charge in [-0.25, -0.2) is 0 Å². The summed E-state index contributed by atoms with van der Waals surface area (Å²) >= 11 is 0. The van der Waals surface area contributed by atoms with Crippen LogP contribution in [-0.4, -0.2) is 16.9 Å². The molecule has 4 aliphatic rings. The predicted octanol–water partition coefficient (Wildman–Crippen LogP) is 0.152. The quantitative estimate of drug-likeness (QED) is 0.582. The molecule has 0 heterocycles. The Morgan fingerprint density at radius 1 is 1.55 bits per heavy atom. The van der Waals surface area contributed by atoms with E-state index >= 15 is 0 Å². The van der Waals surface area contributed by atoms with Crippen LogP contribution < -0.4 is 0 Å². The van der Waals surface area contributed by atoms with Crippen LogP contribution in [0.25, 0.3) is 0 Å². The Hall–Kier alpha value is -0.860. The van der Waals surface area contributed by atoms with Gasteiger partial charge in [-0.2, -0.15) is 0 Å². The molecular weight excluding hydrogens is 144 g/mol. The van der Waals surface area contributed by atoms with E-state index in [1.165, 1.54) is 0 Å². The first-order valence-electron chi connectivity index (χ1n) is 3.98. The Balaban J connectivity index is 2.03. The number of hydrogen-bond donors (Lipinski definition) is 1. The van der Waals surface area contributed by atoms with Crippen LogP contribution in [0.15, 0.2) is 0 Å². The fourth-order valence-electron chi connectivity index (χ4n) is 3.18. The molecule has 3 heteroatoms. The summed E-state index contributed by atoms with van der Waals surface area (Å²) in [5.41, 5.74) is 0. The zero-order chi connectivity index (χ0) is 7.75. The molecule has 3 nitrogen and oxygen atoms in total. The van der Waals surface area contributed by atoms with Gasteiger partial charge in [-0.1, -0.05) is 0 Å². The highest BCUT2D eigenvalue weighted by Crippen LogP contribution is 2.71. The van der Waals surface area contributed by atoms with E-state index in [9.17, 15) is 9.59 Å². The minimum Gasteiger partial charge on any atom is -0.481 e. The average molecular weight is 152 g/mol. The van der Waals surface area contributed by atoms with Gasteiger partial charge in [0.25, 0.3) is 0 Å². The number of carboxylic acids is 1. The van der Waals surface area contributed by atoms with Crippen molar-refractivity contribution in [3.05, 3.63) is 0 Å². The normalized spacial score (nSPS) is 56.7. The van der Waals surface area contributed by atoms with Crippen LogP contribution in [0.2, 0.25) is 0 Å². The molecule has 0 aromatic heterocycles. The lowest BCUT2D eigenvalue weighted by molar-refractivity contribution is -0.144. The fraction of sp³-hybridized carbons (Fsp3) is 0.750. The number of Topliss-reactive ketones (excluding diaryl/α,β-unsaturated/α-hetero) is 1. The van der Waals surface area contributed by atoms with Gasteiger partial charge < -0.3 is 5.11 Å². The predicted molar refractivity (Wildman–Crippen MR) is 34.7 cm³/mol. The summed E-state index contributed by atoms with van der Waals surface area (Å²) in [6.45, 7) is 0. The summed E-state index contributed by atoms with van der Waals surface area (Å²) in [4.78, 5) is 21.9. The topological polar surface area (TPSA) is 54.4 Å². The van der Waals surface area contributed by atoms with Gasteiger partial charge in [-0.3, -0.25) is 9.59 Å². The summed E-state index contributed by atoms with van der Waals surface area (Å²) in [5.74, 6) is -0.0482. The first-order chi connectivity index (χ1) is 5.22. The number of carbonyl (C=O) groups is 2. The summed E-state index contributed by atoms with van der Waals surface area (Å²) in [5, 5.41) is 8.77. The van der Waals surface area contributed by atoms with Gasteiger partial charge >= 0.3 is 5.97 Å². The molecule has 0 aromatic rings. The lowest BCUT2D eigenvalue weighted by atomic mass is 9.98. The largest absolute Gasteiger partial charge is 0.481 e. The minimum atomic E-state index is -0.754. The molecule has 58 valence electrons. The van der Waals surface area contributed by atoms with Crippen molar-refractivity contribution >= 4 is 11.8 Å². The Kier molecular flexibility index (Phi) is 0.708. The fourth-order valence-corrected chi connectivity index (χ4v) is 3.18. The highest BCUT2D eigenvalue weighted by atomic mass is 16.4. The lowest BCUT2D eigenvalue weighted by Gasteiger charge is -2.05. The van der Waals surface area contributed by atoms with Crippen molar-refractivity contribution in [2.24, 2.45) is 29.6 Å². The first kappa shape index (κ1) is 5.75. The molecule has 0 unspecified atom stereocenters. The van der Waals surface area contributed by atoms with E-state index in [0.717, 1.165) is 6.42 Å². The molecule has 0 aromatic carbocycles. The standard InChI is InChI=1S/C8H8O3/c9-7-3-1-2-4(5(2)7)6(3)8(10)11/h2-6H,1H2,(H,10,11)/t2-,3-,4+,5-,6+/m0/s1. The van der Waals surface area contributed by atoms with Gasteiger partial charge in [0.15, 0.2) is 0 Å². The van der Waals surface area contributed by atoms with E-state index in [2.05, 4.69) is 0 Å². The molecule has 4 aliphatic carbocycles. The number of carbonyl (C=O) groups excluding carboxylic acids is 1. The van der Waals surface area contributed by atoms with Crippen LogP contribution in [0.3, 0.4) is 0 Å². The van der Waals surface area contributed by atoms with Crippen molar-refractivity contribution in [1.82, 2.24) is 0 Å². The highest BCUT2D eigenvalue weighted by molar-refractivity contribution is 5.98. The SMILES string of the molecule is O=C(O)[C@H]1[C@@H]2[C@@H]3C[C@@H]1C(=O)[C@@H]32. The second-order valence-corrected chi connectivity index (χ2v) is 3.88. The number of rotatable bonds is 1. The number of aliphatic carboxylic acids is 1. The van der Waals surface area contributed by atoms with Gasteiger partial charge in [0.2, 0.25) is 0 Å². The van der Waals surface area contributed by atoms with Gasteiger partial charge in [0.05, 0.1) is 5.92 Å². The molecule has 4 bridgehead atoms. The molecule has 0 amide bonds. The van der Waals surface area contributed by atoms with E-state index in [0.29, 0.717) is 5.92 Å². The molecule has 4 saturated carbocycles. The first-order valence-corrected chi connectivity index (χ1v) is 3.98. The van der Waals surface area contributed by atoms with Gasteiger partial charge in [0, 0.05) is 11.8 Å². The Morgan fingerprint density at radius 3 is 2.45 bits per heavy atom. The summed E-state index contributed by atoms with van der Waals surface area (Å²) in [6, 6.07) is 0. The van der Waals surface area contributed by atoms with Crippen molar-refractivity contribution in [2.75, 3.05) is 0 Å². The van der Waals surface area contributed by atoms with E-state index in [1.54, 1.807) is 0 Å². The molecule has 5 atom stereocenters. The summed E-state index contributed by atoms with van der Waals surface area (Å²) in [7, 11) is 0. The van der Waals surface area contributed by atoms with Crippen LogP contribution in [0, 0.1) is 29.6 Å². The zero-order valence-corrected chi connectivity index (χ0v) is 5.86. The van der Waals surface area contributed by atoms with Crippen molar-refractivity contribution in [1.29, 1.82) is 0 Å². The Bertz CT molecular complexity index is 271. The second-order valence-electron chi connectivity index (χ2n) is 3.88. The Labute approximate surface area is 63.4 Å². The molecule has 0 aliphatic heterocycles. The van der Waals surface area contributed by atoms with E-state index in [-0.39, 0.29) is 29.5 Å². The lowest BCUT2D eigenvalue weighted by Crippen LogP contribution is -2.19. The number of carboxylic acid groups (broad SMARTS) is 1. The van der Waals surface area contributed by atoms with Gasteiger partial charge in [0.1, 0.15) is 5.78 Å². The molecule has 4 rings (SSSR count). The molecule has 1 N–H and O–H groups in total. The third-order valence-electron chi connectivity index (χ3n) is 3.58. The number of ketones is 1. The Morgan fingerprint density at radius 2 is 2.27 bits per heavy atom. The van der Waals surface area contributed by atoms with Crippen molar-refractivity contribution in [3.8, 4) is 0 Å². The van der Waals surface area contributed by atoms with Crippen molar-refractivity contribution in [3.63, 3.8) is 0 Å². The van der Waals surface area contributed by atoms with Crippen LogP contribution in [0.5, 0.6) is 0 Å². The summed E-state index contributed by atoms with van der Waals surface area (Å²) < 4.78 is 0. The van der Waals surface area contributed by atoms with Crippen molar-refractivity contribution in [2.45, 2.75) is 6.42 Å². The molecule has 4 fully saturated rings. The molecule has 0 saturated heterocycles. The van der Waals surface area contributed by atoms with Crippen LogP contribution in [0.1, 0.15) is 6.42 Å². The molecule has 11 heavy (non-hydrogen) atoms. The third kappa shape index (κ3) is 0.424. The minimum absolute atomic E-state index is 0.104. The highest BCUT2D eigenvalue weighted by Gasteiger charge is 2.75. The molecule has 0 spiro atoms. The third-order valence-corrected chi connectivity index (χ3v) is 3.58. The smallest absolute Gasteiger partial charge is 0.307 e. The maximum atomic E-state index is 11.2. The van der Waals surface area contributed by atoms with Crippen molar-refractivity contribution < 1.29 is 14.7 Å². The maximum absolute atomic E-state index is 11.2. The monoisotopic (exact) mass is 152 g/mol. The van der Waals surface area contributed by atoms with Gasteiger partial charge in [-0.05, 0) is 18.3 Å².